The van der Waals surface area contributed by atoms with Crippen molar-refractivity contribution in [3.8, 4) is 17.2 Å². The first-order chi connectivity index (χ1) is 12.6. The number of nitrogens with zero attached hydrogens (tertiary/aromatic N) is 1. The Bertz CT molecular complexity index is 928. The summed E-state index contributed by atoms with van der Waals surface area (Å²) in [5, 5.41) is 2.93. The van der Waals surface area contributed by atoms with Crippen molar-refractivity contribution in [1.29, 1.82) is 0 Å². The SMILES string of the molecule is O=C1NC2(CCN(C(=O)c3ccc4c(c3)OCO4)C2)Oc2ccccc21. The van der Waals surface area contributed by atoms with Gasteiger partial charge in [0.2, 0.25) is 12.5 Å². The zero-order valence-corrected chi connectivity index (χ0v) is 13.9. The van der Waals surface area contributed by atoms with Gasteiger partial charge in [-0.1, -0.05) is 12.1 Å². The number of benzene rings is 2. The minimum atomic E-state index is -0.878. The minimum Gasteiger partial charge on any atom is -0.465 e. The number of rotatable bonds is 1. The van der Waals surface area contributed by atoms with Crippen molar-refractivity contribution in [2.24, 2.45) is 0 Å². The van der Waals surface area contributed by atoms with Crippen molar-refractivity contribution in [3.05, 3.63) is 53.6 Å². The lowest BCUT2D eigenvalue weighted by Gasteiger charge is -2.35. The Kier molecular flexibility index (Phi) is 3.12. The maximum atomic E-state index is 12.9. The molecule has 1 unspecified atom stereocenters. The first-order valence-corrected chi connectivity index (χ1v) is 8.43. The van der Waals surface area contributed by atoms with Crippen LogP contribution in [0.2, 0.25) is 0 Å². The maximum Gasteiger partial charge on any atom is 0.258 e. The van der Waals surface area contributed by atoms with Crippen LogP contribution in [0.1, 0.15) is 27.1 Å². The van der Waals surface area contributed by atoms with E-state index >= 15 is 0 Å². The van der Waals surface area contributed by atoms with Crippen LogP contribution < -0.4 is 19.5 Å². The van der Waals surface area contributed by atoms with E-state index < -0.39 is 5.72 Å². The van der Waals surface area contributed by atoms with Crippen LogP contribution in [-0.4, -0.2) is 42.3 Å². The molecule has 7 nitrogen and oxygen atoms in total. The minimum absolute atomic E-state index is 0.128. The highest BCUT2D eigenvalue weighted by Crippen LogP contribution is 2.35. The van der Waals surface area contributed by atoms with E-state index in [2.05, 4.69) is 5.32 Å². The summed E-state index contributed by atoms with van der Waals surface area (Å²) in [6.45, 7) is 0.954. The van der Waals surface area contributed by atoms with Crippen molar-refractivity contribution in [2.45, 2.75) is 12.1 Å². The number of likely N-dealkylation sites (tertiary alicyclic amines) is 1. The number of para-hydroxylation sites is 1. The van der Waals surface area contributed by atoms with Crippen molar-refractivity contribution in [2.75, 3.05) is 19.9 Å². The van der Waals surface area contributed by atoms with Gasteiger partial charge in [0.1, 0.15) is 5.75 Å². The summed E-state index contributed by atoms with van der Waals surface area (Å²) >= 11 is 0. The highest BCUT2D eigenvalue weighted by atomic mass is 16.7. The summed E-state index contributed by atoms with van der Waals surface area (Å²) in [4.78, 5) is 26.9. The number of amides is 2. The van der Waals surface area contributed by atoms with Crippen molar-refractivity contribution in [3.63, 3.8) is 0 Å². The van der Waals surface area contributed by atoms with E-state index in [1.807, 2.05) is 6.07 Å². The lowest BCUT2D eigenvalue weighted by Crippen LogP contribution is -2.57. The Morgan fingerprint density at radius 3 is 2.85 bits per heavy atom. The molecule has 7 heteroatoms. The smallest absolute Gasteiger partial charge is 0.258 e. The molecule has 1 fully saturated rings. The fourth-order valence-corrected chi connectivity index (χ4v) is 3.61. The predicted molar refractivity (Wildman–Crippen MR) is 90.4 cm³/mol. The molecule has 0 aliphatic carbocycles. The van der Waals surface area contributed by atoms with Gasteiger partial charge in [-0.3, -0.25) is 9.59 Å². The lowest BCUT2D eigenvalue weighted by atomic mass is 10.1. The molecule has 3 aliphatic rings. The number of hydrogen-bond acceptors (Lipinski definition) is 5. The normalized spacial score (nSPS) is 22.8. The van der Waals surface area contributed by atoms with Gasteiger partial charge in [-0.15, -0.1) is 0 Å². The molecule has 26 heavy (non-hydrogen) atoms. The molecule has 1 spiro atoms. The van der Waals surface area contributed by atoms with E-state index in [0.29, 0.717) is 47.9 Å². The summed E-state index contributed by atoms with van der Waals surface area (Å²) in [6, 6.07) is 12.3. The van der Waals surface area contributed by atoms with Crippen molar-refractivity contribution in [1.82, 2.24) is 10.2 Å². The molecule has 1 atom stereocenters. The summed E-state index contributed by atoms with van der Waals surface area (Å²) in [7, 11) is 0. The molecule has 2 aromatic rings. The van der Waals surface area contributed by atoms with Gasteiger partial charge in [0, 0.05) is 18.5 Å². The molecule has 3 heterocycles. The molecule has 2 amide bonds. The monoisotopic (exact) mass is 352 g/mol. The molecular formula is C19H16N2O5. The van der Waals surface area contributed by atoms with Crippen molar-refractivity contribution >= 4 is 11.8 Å². The van der Waals surface area contributed by atoms with E-state index in [1.54, 1.807) is 41.3 Å². The summed E-state index contributed by atoms with van der Waals surface area (Å²) in [5.74, 6) is 1.45. The Balaban J connectivity index is 1.38. The second-order valence-electron chi connectivity index (χ2n) is 6.59. The Labute approximate surface area is 149 Å². The fraction of sp³-hybridized carbons (Fsp3) is 0.263. The third-order valence-corrected chi connectivity index (χ3v) is 4.92. The third kappa shape index (κ3) is 2.28. The molecule has 132 valence electrons. The number of carbonyl (C=O) groups excluding carboxylic acids is 2. The van der Waals surface area contributed by atoms with Gasteiger partial charge in [0.25, 0.3) is 11.8 Å². The van der Waals surface area contributed by atoms with Crippen LogP contribution in [0, 0.1) is 0 Å². The highest BCUT2D eigenvalue weighted by Gasteiger charge is 2.46. The average molecular weight is 352 g/mol. The molecule has 1 saturated heterocycles. The van der Waals surface area contributed by atoms with Gasteiger partial charge >= 0.3 is 0 Å². The van der Waals surface area contributed by atoms with E-state index in [1.165, 1.54) is 0 Å². The van der Waals surface area contributed by atoms with Crippen LogP contribution in [0.25, 0.3) is 0 Å². The van der Waals surface area contributed by atoms with Crippen LogP contribution in [0.4, 0.5) is 0 Å². The van der Waals surface area contributed by atoms with Crippen molar-refractivity contribution < 1.29 is 23.8 Å². The second-order valence-corrected chi connectivity index (χ2v) is 6.59. The molecule has 0 radical (unpaired) electrons. The molecule has 0 bridgehead atoms. The van der Waals surface area contributed by atoms with Gasteiger partial charge in [-0.05, 0) is 30.3 Å². The van der Waals surface area contributed by atoms with Crippen LogP contribution in [0.5, 0.6) is 17.2 Å². The number of fused-ring (bicyclic) bond motifs is 2. The van der Waals surface area contributed by atoms with Gasteiger partial charge in [-0.2, -0.15) is 0 Å². The number of nitrogens with one attached hydrogen (secondary N) is 1. The third-order valence-electron chi connectivity index (χ3n) is 4.92. The number of ether oxygens (including phenoxy) is 3. The van der Waals surface area contributed by atoms with Crippen LogP contribution >= 0.6 is 0 Å². The largest absolute Gasteiger partial charge is 0.465 e. The predicted octanol–water partition coefficient (Wildman–Crippen LogP) is 1.78. The van der Waals surface area contributed by atoms with Crippen LogP contribution in [0.3, 0.4) is 0 Å². The summed E-state index contributed by atoms with van der Waals surface area (Å²) in [5.41, 5.74) is 0.157. The van der Waals surface area contributed by atoms with E-state index in [9.17, 15) is 9.59 Å². The first-order valence-electron chi connectivity index (χ1n) is 8.43. The summed E-state index contributed by atoms with van der Waals surface area (Å²) < 4.78 is 16.7. The topological polar surface area (TPSA) is 77.1 Å². The van der Waals surface area contributed by atoms with Gasteiger partial charge in [0.05, 0.1) is 12.1 Å². The van der Waals surface area contributed by atoms with Gasteiger partial charge in [0.15, 0.2) is 11.5 Å². The Hall–Kier alpha value is -3.22. The Morgan fingerprint density at radius 2 is 1.92 bits per heavy atom. The Morgan fingerprint density at radius 1 is 1.08 bits per heavy atom. The lowest BCUT2D eigenvalue weighted by molar-refractivity contribution is 0.0240. The zero-order valence-electron chi connectivity index (χ0n) is 13.9. The maximum absolute atomic E-state index is 12.9. The number of hydrogen-bond donors (Lipinski definition) is 1. The molecule has 0 saturated carbocycles. The molecule has 0 aromatic heterocycles. The van der Waals surface area contributed by atoms with Crippen LogP contribution in [-0.2, 0) is 0 Å². The van der Waals surface area contributed by atoms with E-state index in [0.717, 1.165) is 0 Å². The van der Waals surface area contributed by atoms with Gasteiger partial charge in [-0.25, -0.2) is 0 Å². The highest BCUT2D eigenvalue weighted by molar-refractivity contribution is 5.99. The fourth-order valence-electron chi connectivity index (χ4n) is 3.61. The second kappa shape index (κ2) is 5.39. The molecular weight excluding hydrogens is 336 g/mol. The summed E-state index contributed by atoms with van der Waals surface area (Å²) in [6.07, 6.45) is 0.531. The molecule has 2 aromatic carbocycles. The molecule has 1 N–H and O–H groups in total. The first kappa shape index (κ1) is 15.1. The quantitative estimate of drug-likeness (QED) is 0.847. The van der Waals surface area contributed by atoms with E-state index in [-0.39, 0.29) is 18.6 Å². The average Bonchev–Trinajstić information content (AvgIpc) is 3.27. The molecule has 5 rings (SSSR count). The van der Waals surface area contributed by atoms with E-state index in [4.69, 9.17) is 14.2 Å². The van der Waals surface area contributed by atoms with Crippen LogP contribution in [0.15, 0.2) is 42.5 Å². The number of carbonyl (C=O) groups is 2. The van der Waals surface area contributed by atoms with Gasteiger partial charge < -0.3 is 24.4 Å². The zero-order chi connectivity index (χ0) is 17.7. The molecule has 3 aliphatic heterocycles. The standard InChI is InChI=1S/C19H16N2O5/c22-17-13-3-1-2-4-14(13)26-19(20-17)7-8-21(10-19)18(23)12-5-6-15-16(9-12)25-11-24-15/h1-6,9H,7-8,10-11H2,(H,20,22).